The molecule has 1 aromatic carbocycles. The van der Waals surface area contributed by atoms with Crippen LogP contribution in [0.5, 0.6) is 0 Å². The van der Waals surface area contributed by atoms with Crippen LogP contribution in [0.2, 0.25) is 0 Å². The van der Waals surface area contributed by atoms with E-state index in [1.807, 2.05) is 0 Å². The van der Waals surface area contributed by atoms with E-state index in [0.29, 0.717) is 5.56 Å². The van der Waals surface area contributed by atoms with E-state index in [1.54, 1.807) is 0 Å². The molecule has 0 radical (unpaired) electrons. The van der Waals surface area contributed by atoms with Gasteiger partial charge in [-0.05, 0) is 30.7 Å². The van der Waals surface area contributed by atoms with E-state index in [1.165, 1.54) is 17.9 Å². The van der Waals surface area contributed by atoms with Crippen molar-refractivity contribution in [3.05, 3.63) is 29.3 Å². The number of hydrogen-bond donors (Lipinski definition) is 0. The number of hydrogen-bond acceptors (Lipinski definition) is 2. The Labute approximate surface area is 117 Å². The number of ether oxygens (including phenoxy) is 1. The van der Waals surface area contributed by atoms with Gasteiger partial charge in [0.25, 0.3) is 0 Å². The van der Waals surface area contributed by atoms with Gasteiger partial charge in [0.1, 0.15) is 0 Å². The molecule has 0 bridgehead atoms. The highest BCUT2D eigenvalue weighted by Gasteiger charge is 2.43. The molecule has 1 unspecified atom stereocenters. The van der Waals surface area contributed by atoms with Crippen LogP contribution in [0.4, 0.5) is 32.0 Å². The van der Waals surface area contributed by atoms with Gasteiger partial charge in [-0.15, -0.1) is 0 Å². The Morgan fingerprint density at radius 2 is 1.76 bits per heavy atom. The zero-order valence-corrected chi connectivity index (χ0v) is 11.1. The summed E-state index contributed by atoms with van der Waals surface area (Å²) in [5.41, 5.74) is -0.401. The molecule has 1 heterocycles. The maximum absolute atomic E-state index is 12.8. The Morgan fingerprint density at radius 3 is 2.33 bits per heavy atom. The summed E-state index contributed by atoms with van der Waals surface area (Å²) in [7, 11) is 0. The normalized spacial score (nSPS) is 20.7. The summed E-state index contributed by atoms with van der Waals surface area (Å²) < 4.78 is 80.8. The third-order valence-electron chi connectivity index (χ3n) is 3.19. The molecule has 1 aliphatic heterocycles. The summed E-state index contributed by atoms with van der Waals surface area (Å²) >= 11 is 0. The van der Waals surface area contributed by atoms with Gasteiger partial charge in [-0.1, -0.05) is 0 Å². The Hall–Kier alpha value is -1.44. The first-order valence-corrected chi connectivity index (χ1v) is 6.19. The van der Waals surface area contributed by atoms with Gasteiger partial charge < -0.3 is 9.64 Å². The van der Waals surface area contributed by atoms with E-state index in [0.717, 1.165) is 12.1 Å². The van der Waals surface area contributed by atoms with E-state index in [-0.39, 0.29) is 18.8 Å². The lowest BCUT2D eigenvalue weighted by Crippen LogP contribution is -2.49. The van der Waals surface area contributed by atoms with E-state index in [4.69, 9.17) is 0 Å². The van der Waals surface area contributed by atoms with Crippen molar-refractivity contribution in [1.29, 1.82) is 0 Å². The number of anilines is 1. The smallest absolute Gasteiger partial charge is 0.366 e. The minimum Gasteiger partial charge on any atom is -0.366 e. The van der Waals surface area contributed by atoms with Crippen molar-refractivity contribution < 1.29 is 31.1 Å². The molecule has 118 valence electrons. The molecule has 0 saturated carbocycles. The number of rotatable bonds is 1. The summed E-state index contributed by atoms with van der Waals surface area (Å²) in [6, 6.07) is 3.27. The third kappa shape index (κ3) is 3.81. The van der Waals surface area contributed by atoms with Gasteiger partial charge >= 0.3 is 12.4 Å². The molecule has 1 saturated heterocycles. The van der Waals surface area contributed by atoms with Gasteiger partial charge in [0.05, 0.1) is 18.7 Å². The van der Waals surface area contributed by atoms with Gasteiger partial charge in [-0.2, -0.15) is 26.3 Å². The molecule has 0 aliphatic carbocycles. The minimum absolute atomic E-state index is 0.118. The van der Waals surface area contributed by atoms with Crippen LogP contribution in [-0.2, 0) is 10.9 Å². The number of morpholine rings is 1. The van der Waals surface area contributed by atoms with Crippen LogP contribution in [0.3, 0.4) is 0 Å². The van der Waals surface area contributed by atoms with Crippen LogP contribution in [0.15, 0.2) is 18.2 Å². The number of benzene rings is 1. The summed E-state index contributed by atoms with van der Waals surface area (Å²) in [5.74, 6) is 0. The van der Waals surface area contributed by atoms with Gasteiger partial charge in [-0.25, -0.2) is 0 Å². The SMILES string of the molecule is Cc1cc(N2CCOC(C(F)(F)F)C2)cc(C(F)(F)F)c1. The minimum atomic E-state index is -4.53. The van der Waals surface area contributed by atoms with E-state index in [9.17, 15) is 26.3 Å². The molecule has 1 aromatic rings. The number of nitrogens with zero attached hydrogens (tertiary/aromatic N) is 1. The second-order valence-corrected chi connectivity index (χ2v) is 4.90. The molecule has 21 heavy (non-hydrogen) atoms. The molecule has 1 atom stereocenters. The first-order chi connectivity index (χ1) is 9.57. The van der Waals surface area contributed by atoms with Crippen LogP contribution in [0, 0.1) is 6.92 Å². The maximum Gasteiger partial charge on any atom is 0.416 e. The highest BCUT2D eigenvalue weighted by molar-refractivity contribution is 5.52. The highest BCUT2D eigenvalue weighted by Crippen LogP contribution is 2.34. The number of halogens is 6. The van der Waals surface area contributed by atoms with E-state index >= 15 is 0 Å². The Morgan fingerprint density at radius 1 is 1.10 bits per heavy atom. The van der Waals surface area contributed by atoms with Gasteiger partial charge in [0.2, 0.25) is 0 Å². The molecular weight excluding hydrogens is 300 g/mol. The lowest BCUT2D eigenvalue weighted by atomic mass is 10.1. The topological polar surface area (TPSA) is 12.5 Å². The van der Waals surface area contributed by atoms with Crippen molar-refractivity contribution in [2.45, 2.75) is 25.4 Å². The number of alkyl halides is 6. The molecule has 0 amide bonds. The zero-order valence-electron chi connectivity index (χ0n) is 11.1. The fourth-order valence-corrected chi connectivity index (χ4v) is 2.19. The molecule has 1 fully saturated rings. The quantitative estimate of drug-likeness (QED) is 0.732. The Kier molecular flexibility index (Phi) is 4.10. The van der Waals surface area contributed by atoms with Crippen molar-refractivity contribution >= 4 is 5.69 Å². The average molecular weight is 313 g/mol. The predicted octanol–water partition coefficient (Wildman–Crippen LogP) is 3.78. The fourth-order valence-electron chi connectivity index (χ4n) is 2.19. The zero-order chi connectivity index (χ0) is 15.8. The van der Waals surface area contributed by atoms with Crippen LogP contribution in [0.25, 0.3) is 0 Å². The summed E-state index contributed by atoms with van der Waals surface area (Å²) in [6.45, 7) is 0.900. The van der Waals surface area contributed by atoms with E-state index in [2.05, 4.69) is 4.74 Å². The Balaban J connectivity index is 2.27. The third-order valence-corrected chi connectivity index (χ3v) is 3.19. The van der Waals surface area contributed by atoms with Crippen LogP contribution in [0.1, 0.15) is 11.1 Å². The molecule has 0 aromatic heterocycles. The van der Waals surface area contributed by atoms with Gasteiger partial charge in [0, 0.05) is 12.2 Å². The van der Waals surface area contributed by atoms with Gasteiger partial charge in [-0.3, -0.25) is 0 Å². The fraction of sp³-hybridized carbons (Fsp3) is 0.538. The van der Waals surface area contributed by atoms with E-state index < -0.39 is 30.6 Å². The molecule has 8 heteroatoms. The number of aryl methyl sites for hydroxylation is 1. The van der Waals surface area contributed by atoms with Crippen molar-refractivity contribution in [2.24, 2.45) is 0 Å². The molecule has 2 rings (SSSR count). The van der Waals surface area contributed by atoms with Crippen molar-refractivity contribution in [2.75, 3.05) is 24.6 Å². The molecule has 0 N–H and O–H groups in total. The molecule has 0 spiro atoms. The average Bonchev–Trinajstić information content (AvgIpc) is 2.36. The molecule has 2 nitrogen and oxygen atoms in total. The second-order valence-electron chi connectivity index (χ2n) is 4.90. The standard InChI is InChI=1S/C13H13F6NO/c1-8-4-9(12(14,15)16)6-10(5-8)20-2-3-21-11(7-20)13(17,18)19/h4-6,11H,2-3,7H2,1H3. The first-order valence-electron chi connectivity index (χ1n) is 6.19. The Bertz CT molecular complexity index is 510. The van der Waals surface area contributed by atoms with Crippen molar-refractivity contribution in [1.82, 2.24) is 0 Å². The monoisotopic (exact) mass is 313 g/mol. The van der Waals surface area contributed by atoms with Crippen LogP contribution in [-0.4, -0.2) is 32.0 Å². The highest BCUT2D eigenvalue weighted by atomic mass is 19.4. The summed E-state index contributed by atoms with van der Waals surface area (Å²) in [6.07, 6.45) is -11.0. The second kappa shape index (κ2) is 5.40. The molecule has 1 aliphatic rings. The molecular formula is C13H13F6NO. The summed E-state index contributed by atoms with van der Waals surface area (Å²) in [4.78, 5) is 1.27. The predicted molar refractivity (Wildman–Crippen MR) is 64.2 cm³/mol. The van der Waals surface area contributed by atoms with Crippen LogP contribution < -0.4 is 4.90 Å². The maximum atomic E-state index is 12.8. The summed E-state index contributed by atoms with van der Waals surface area (Å²) in [5, 5.41) is 0. The van der Waals surface area contributed by atoms with Crippen LogP contribution >= 0.6 is 0 Å². The van der Waals surface area contributed by atoms with Crippen molar-refractivity contribution in [3.8, 4) is 0 Å². The first kappa shape index (κ1) is 15.9. The lowest BCUT2D eigenvalue weighted by molar-refractivity contribution is -0.221. The van der Waals surface area contributed by atoms with Crippen molar-refractivity contribution in [3.63, 3.8) is 0 Å². The van der Waals surface area contributed by atoms with Gasteiger partial charge in [0.15, 0.2) is 6.10 Å². The largest absolute Gasteiger partial charge is 0.416 e. The lowest BCUT2D eigenvalue weighted by Gasteiger charge is -2.35.